The minimum Gasteiger partial charge on any atom is -0.381 e. The molecule has 0 aliphatic carbocycles. The first-order chi connectivity index (χ1) is 12.3. The maximum atomic E-state index is 12.6. The van der Waals surface area contributed by atoms with Crippen LogP contribution in [0.1, 0.15) is 36.0 Å². The third-order valence-corrected chi connectivity index (χ3v) is 5.42. The number of nitrogens with one attached hydrogen (secondary N) is 1. The Kier molecular flexibility index (Phi) is 4.95. The number of pyridine rings is 1. The summed E-state index contributed by atoms with van der Waals surface area (Å²) in [5.41, 5.74) is 1.56. The van der Waals surface area contributed by atoms with Crippen molar-refractivity contribution < 1.29 is 9.53 Å². The molecular formula is C20H25N3O2. The number of carbonyl (C=O) groups excluding carboxylic acids is 1. The Hall–Kier alpha value is -1.98. The predicted molar refractivity (Wildman–Crippen MR) is 97.6 cm³/mol. The van der Waals surface area contributed by atoms with Crippen molar-refractivity contribution in [1.29, 1.82) is 0 Å². The number of likely N-dealkylation sites (tertiary alicyclic amines) is 1. The molecule has 1 N–H and O–H groups in total. The van der Waals surface area contributed by atoms with Crippen LogP contribution in [0.5, 0.6) is 0 Å². The lowest BCUT2D eigenvalue weighted by Gasteiger charge is -2.39. The van der Waals surface area contributed by atoms with E-state index in [1.807, 2.05) is 30.3 Å². The van der Waals surface area contributed by atoms with Gasteiger partial charge in [0.25, 0.3) is 5.91 Å². The molecule has 25 heavy (non-hydrogen) atoms. The Morgan fingerprint density at radius 2 is 1.88 bits per heavy atom. The number of hydrogen-bond donors (Lipinski definition) is 1. The summed E-state index contributed by atoms with van der Waals surface area (Å²) in [5, 5.41) is 4.20. The number of amides is 1. The van der Waals surface area contributed by atoms with Gasteiger partial charge in [-0.1, -0.05) is 18.2 Å². The van der Waals surface area contributed by atoms with Crippen molar-refractivity contribution in [2.45, 2.75) is 37.8 Å². The fraction of sp³-hybridized carbons (Fsp3) is 0.500. The molecule has 0 bridgehead atoms. The number of benzene rings is 1. The molecule has 5 heteroatoms. The zero-order valence-corrected chi connectivity index (χ0v) is 14.5. The van der Waals surface area contributed by atoms with Gasteiger partial charge in [-0.05, 0) is 37.8 Å². The summed E-state index contributed by atoms with van der Waals surface area (Å²) in [4.78, 5) is 19.5. The first-order valence-electron chi connectivity index (χ1n) is 9.27. The lowest BCUT2D eigenvalue weighted by molar-refractivity contribution is 0.0238. The van der Waals surface area contributed by atoms with Crippen LogP contribution in [0.2, 0.25) is 0 Å². The van der Waals surface area contributed by atoms with E-state index in [2.05, 4.69) is 15.2 Å². The van der Waals surface area contributed by atoms with Gasteiger partial charge in [0.1, 0.15) is 0 Å². The smallest absolute Gasteiger partial charge is 0.253 e. The van der Waals surface area contributed by atoms with Crippen LogP contribution >= 0.6 is 0 Å². The van der Waals surface area contributed by atoms with Crippen LogP contribution < -0.4 is 5.32 Å². The fourth-order valence-corrected chi connectivity index (χ4v) is 3.92. The predicted octanol–water partition coefficient (Wildman–Crippen LogP) is 2.61. The minimum atomic E-state index is -0.0113. The fourth-order valence-electron chi connectivity index (χ4n) is 3.92. The number of rotatable bonds is 3. The van der Waals surface area contributed by atoms with Crippen LogP contribution in [0.25, 0.3) is 10.9 Å². The van der Waals surface area contributed by atoms with Crippen LogP contribution in [-0.2, 0) is 4.74 Å². The minimum absolute atomic E-state index is 0.0113. The van der Waals surface area contributed by atoms with Crippen molar-refractivity contribution in [1.82, 2.24) is 15.2 Å². The second-order valence-corrected chi connectivity index (χ2v) is 7.04. The first kappa shape index (κ1) is 16.5. The molecule has 1 aromatic heterocycles. The topological polar surface area (TPSA) is 54.5 Å². The molecule has 1 amide bonds. The first-order valence-corrected chi connectivity index (χ1v) is 9.27. The molecule has 132 valence electrons. The number of piperidine rings is 1. The molecule has 3 heterocycles. The van der Waals surface area contributed by atoms with Gasteiger partial charge in [-0.3, -0.25) is 9.78 Å². The van der Waals surface area contributed by atoms with E-state index in [-0.39, 0.29) is 11.9 Å². The van der Waals surface area contributed by atoms with Gasteiger partial charge < -0.3 is 15.0 Å². The SMILES string of the molecule is O=C(NC1CCN(C2CCOCC2)CC1)c1cnc2ccccc2c1. The van der Waals surface area contributed by atoms with Crippen molar-refractivity contribution in [3.63, 3.8) is 0 Å². The van der Waals surface area contributed by atoms with Gasteiger partial charge in [0.2, 0.25) is 0 Å². The Morgan fingerprint density at radius 1 is 1.12 bits per heavy atom. The number of para-hydroxylation sites is 1. The second kappa shape index (κ2) is 7.50. The van der Waals surface area contributed by atoms with Gasteiger partial charge in [0.15, 0.2) is 0 Å². The highest BCUT2D eigenvalue weighted by Crippen LogP contribution is 2.20. The molecule has 0 saturated carbocycles. The largest absolute Gasteiger partial charge is 0.381 e. The lowest BCUT2D eigenvalue weighted by Crippen LogP contribution is -2.49. The molecule has 2 aliphatic rings. The van der Waals surface area contributed by atoms with Gasteiger partial charge in [0.05, 0.1) is 11.1 Å². The summed E-state index contributed by atoms with van der Waals surface area (Å²) < 4.78 is 5.45. The van der Waals surface area contributed by atoms with Gasteiger partial charge >= 0.3 is 0 Å². The van der Waals surface area contributed by atoms with Crippen molar-refractivity contribution in [3.05, 3.63) is 42.1 Å². The van der Waals surface area contributed by atoms with Crippen molar-refractivity contribution in [2.24, 2.45) is 0 Å². The van der Waals surface area contributed by atoms with Crippen LogP contribution in [0.15, 0.2) is 36.5 Å². The molecule has 0 radical (unpaired) electrons. The summed E-state index contributed by atoms with van der Waals surface area (Å²) in [6.07, 6.45) is 5.99. The quantitative estimate of drug-likeness (QED) is 0.934. The number of fused-ring (bicyclic) bond motifs is 1. The van der Waals surface area contributed by atoms with Crippen LogP contribution in [0.3, 0.4) is 0 Å². The number of carbonyl (C=O) groups is 1. The molecule has 0 spiro atoms. The second-order valence-electron chi connectivity index (χ2n) is 7.04. The molecule has 2 aliphatic heterocycles. The third kappa shape index (κ3) is 3.83. The van der Waals surface area contributed by atoms with Crippen LogP contribution in [-0.4, -0.2) is 54.2 Å². The van der Waals surface area contributed by atoms with Gasteiger partial charge in [-0.2, -0.15) is 0 Å². The Morgan fingerprint density at radius 3 is 2.68 bits per heavy atom. The van der Waals surface area contributed by atoms with E-state index in [1.54, 1.807) is 6.20 Å². The van der Waals surface area contributed by atoms with Gasteiger partial charge in [0, 0.05) is 50.0 Å². The van der Waals surface area contributed by atoms with E-state index in [0.29, 0.717) is 11.6 Å². The highest BCUT2D eigenvalue weighted by atomic mass is 16.5. The summed E-state index contributed by atoms with van der Waals surface area (Å²) in [6.45, 7) is 3.89. The van der Waals surface area contributed by atoms with E-state index in [4.69, 9.17) is 4.74 Å². The Labute approximate surface area is 148 Å². The highest BCUT2D eigenvalue weighted by Gasteiger charge is 2.27. The Balaban J connectivity index is 1.33. The maximum Gasteiger partial charge on any atom is 0.253 e. The van der Waals surface area contributed by atoms with Gasteiger partial charge in [-0.15, -0.1) is 0 Å². The molecule has 4 rings (SSSR count). The lowest BCUT2D eigenvalue weighted by atomic mass is 9.99. The van der Waals surface area contributed by atoms with Crippen molar-refractivity contribution >= 4 is 16.8 Å². The molecule has 0 atom stereocenters. The van der Waals surface area contributed by atoms with E-state index in [9.17, 15) is 4.79 Å². The van der Waals surface area contributed by atoms with Gasteiger partial charge in [-0.25, -0.2) is 0 Å². The van der Waals surface area contributed by atoms with E-state index >= 15 is 0 Å². The van der Waals surface area contributed by atoms with Crippen molar-refractivity contribution in [2.75, 3.05) is 26.3 Å². The van der Waals surface area contributed by atoms with E-state index in [1.165, 1.54) is 0 Å². The monoisotopic (exact) mass is 339 g/mol. The Bertz CT molecular complexity index is 735. The molecule has 2 saturated heterocycles. The zero-order chi connectivity index (χ0) is 17.1. The highest BCUT2D eigenvalue weighted by molar-refractivity contribution is 5.97. The number of aromatic nitrogens is 1. The van der Waals surface area contributed by atoms with E-state index in [0.717, 1.165) is 62.9 Å². The average molecular weight is 339 g/mol. The summed E-state index contributed by atoms with van der Waals surface area (Å²) >= 11 is 0. The standard InChI is InChI=1S/C20H25N3O2/c24-20(16-13-15-3-1-2-4-19(15)21-14-16)22-17-5-9-23(10-6-17)18-7-11-25-12-8-18/h1-4,13-14,17-18H,5-12H2,(H,22,24). The molecule has 2 fully saturated rings. The van der Waals surface area contributed by atoms with Crippen LogP contribution in [0.4, 0.5) is 0 Å². The molecule has 2 aromatic rings. The molecule has 5 nitrogen and oxygen atoms in total. The molecule has 0 unspecified atom stereocenters. The summed E-state index contributed by atoms with van der Waals surface area (Å²) in [6, 6.07) is 10.7. The third-order valence-electron chi connectivity index (χ3n) is 5.42. The molecule has 1 aromatic carbocycles. The van der Waals surface area contributed by atoms with E-state index < -0.39 is 0 Å². The summed E-state index contributed by atoms with van der Waals surface area (Å²) in [5.74, 6) is -0.0113. The number of nitrogens with zero attached hydrogens (tertiary/aromatic N) is 2. The molecular weight excluding hydrogens is 314 g/mol. The van der Waals surface area contributed by atoms with Crippen LogP contribution in [0, 0.1) is 0 Å². The number of hydrogen-bond acceptors (Lipinski definition) is 4. The summed E-state index contributed by atoms with van der Waals surface area (Å²) in [7, 11) is 0. The maximum absolute atomic E-state index is 12.6. The number of ether oxygens (including phenoxy) is 1. The van der Waals surface area contributed by atoms with Crippen molar-refractivity contribution in [3.8, 4) is 0 Å². The normalized spacial score (nSPS) is 20.6. The zero-order valence-electron chi connectivity index (χ0n) is 14.5. The average Bonchev–Trinajstić information content (AvgIpc) is 2.69.